The van der Waals surface area contributed by atoms with Gasteiger partial charge >= 0.3 is 0 Å². The van der Waals surface area contributed by atoms with Crippen molar-refractivity contribution in [1.82, 2.24) is 15.5 Å². The van der Waals surface area contributed by atoms with Crippen molar-refractivity contribution in [2.75, 3.05) is 13.2 Å². The van der Waals surface area contributed by atoms with Gasteiger partial charge in [0.2, 0.25) is 5.89 Å². The molecule has 0 aliphatic heterocycles. The molecule has 1 rings (SSSR count). The van der Waals surface area contributed by atoms with Crippen molar-refractivity contribution in [3.8, 4) is 0 Å². The van der Waals surface area contributed by atoms with Gasteiger partial charge < -0.3 is 14.6 Å². The molecule has 1 aromatic rings. The van der Waals surface area contributed by atoms with Crippen molar-refractivity contribution in [2.24, 2.45) is 0 Å². The second kappa shape index (κ2) is 5.72. The zero-order chi connectivity index (χ0) is 10.4. The number of nitrogens with one attached hydrogen (secondary N) is 1. The van der Waals surface area contributed by atoms with Gasteiger partial charge in [-0.05, 0) is 13.8 Å². The van der Waals surface area contributed by atoms with Crippen LogP contribution in [0.2, 0.25) is 0 Å². The van der Waals surface area contributed by atoms with Gasteiger partial charge in [0, 0.05) is 20.1 Å². The van der Waals surface area contributed by atoms with Gasteiger partial charge in [0.05, 0.1) is 12.6 Å². The fourth-order valence-electron chi connectivity index (χ4n) is 1.14. The van der Waals surface area contributed by atoms with Crippen LogP contribution in [0.4, 0.5) is 0 Å². The molecule has 0 aromatic carbocycles. The lowest BCUT2D eigenvalue weighted by Gasteiger charge is -2.10. The highest BCUT2D eigenvalue weighted by molar-refractivity contribution is 4.82. The van der Waals surface area contributed by atoms with Crippen LogP contribution in [0.3, 0.4) is 0 Å². The van der Waals surface area contributed by atoms with Crippen molar-refractivity contribution in [3.63, 3.8) is 0 Å². The first-order valence-electron chi connectivity index (χ1n) is 4.84. The highest BCUT2D eigenvalue weighted by Crippen LogP contribution is 1.94. The van der Waals surface area contributed by atoms with E-state index in [-0.39, 0.29) is 6.10 Å². The average molecular weight is 199 g/mol. The summed E-state index contributed by atoms with van der Waals surface area (Å²) in [5.74, 6) is 1.28. The third kappa shape index (κ3) is 3.85. The van der Waals surface area contributed by atoms with E-state index in [1.54, 1.807) is 6.92 Å². The summed E-state index contributed by atoms with van der Waals surface area (Å²) < 4.78 is 10.2. The first-order chi connectivity index (χ1) is 6.72. The SMILES string of the molecule is CCOC(C)CNCc1noc(C)n1. The van der Waals surface area contributed by atoms with E-state index < -0.39 is 0 Å². The molecule has 0 saturated heterocycles. The Kier molecular flexibility index (Phi) is 4.55. The fraction of sp³-hybridized carbons (Fsp3) is 0.778. The Labute approximate surface area is 83.8 Å². The van der Waals surface area contributed by atoms with Crippen LogP contribution in [0.5, 0.6) is 0 Å². The quantitative estimate of drug-likeness (QED) is 0.737. The molecule has 0 radical (unpaired) electrons. The Morgan fingerprint density at radius 1 is 1.57 bits per heavy atom. The zero-order valence-corrected chi connectivity index (χ0v) is 8.91. The molecule has 80 valence electrons. The second-order valence-corrected chi connectivity index (χ2v) is 3.13. The largest absolute Gasteiger partial charge is 0.377 e. The Bertz CT molecular complexity index is 262. The third-order valence-corrected chi connectivity index (χ3v) is 1.74. The third-order valence-electron chi connectivity index (χ3n) is 1.74. The summed E-state index contributed by atoms with van der Waals surface area (Å²) in [6, 6.07) is 0. The van der Waals surface area contributed by atoms with Gasteiger partial charge in [0.1, 0.15) is 0 Å². The lowest BCUT2D eigenvalue weighted by molar-refractivity contribution is 0.0758. The molecular weight excluding hydrogens is 182 g/mol. The van der Waals surface area contributed by atoms with E-state index in [4.69, 9.17) is 9.26 Å². The molecule has 0 aliphatic carbocycles. The summed E-state index contributed by atoms with van der Waals surface area (Å²) in [5.41, 5.74) is 0. The van der Waals surface area contributed by atoms with Gasteiger partial charge in [0.25, 0.3) is 0 Å². The number of ether oxygens (including phenoxy) is 1. The molecule has 5 nitrogen and oxygen atoms in total. The minimum atomic E-state index is 0.216. The number of rotatable bonds is 6. The number of nitrogens with zero attached hydrogens (tertiary/aromatic N) is 2. The topological polar surface area (TPSA) is 60.2 Å². The summed E-state index contributed by atoms with van der Waals surface area (Å²) in [6.07, 6.45) is 0.216. The molecule has 0 spiro atoms. The summed E-state index contributed by atoms with van der Waals surface area (Å²) in [7, 11) is 0. The second-order valence-electron chi connectivity index (χ2n) is 3.13. The van der Waals surface area contributed by atoms with E-state index in [0.717, 1.165) is 13.2 Å². The predicted molar refractivity (Wildman–Crippen MR) is 51.8 cm³/mol. The van der Waals surface area contributed by atoms with Crippen LogP contribution in [0.15, 0.2) is 4.52 Å². The maximum atomic E-state index is 5.36. The van der Waals surface area contributed by atoms with Crippen molar-refractivity contribution >= 4 is 0 Å². The van der Waals surface area contributed by atoms with Crippen LogP contribution in [-0.4, -0.2) is 29.4 Å². The van der Waals surface area contributed by atoms with Gasteiger partial charge in [-0.1, -0.05) is 5.16 Å². The highest BCUT2D eigenvalue weighted by atomic mass is 16.5. The van der Waals surface area contributed by atoms with Gasteiger partial charge in [-0.2, -0.15) is 4.98 Å². The lowest BCUT2D eigenvalue weighted by Crippen LogP contribution is -2.26. The fourth-order valence-corrected chi connectivity index (χ4v) is 1.14. The van der Waals surface area contributed by atoms with Crippen LogP contribution < -0.4 is 5.32 Å². The Morgan fingerprint density at radius 3 is 2.93 bits per heavy atom. The van der Waals surface area contributed by atoms with Gasteiger partial charge in [-0.25, -0.2) is 0 Å². The molecule has 5 heteroatoms. The molecule has 0 bridgehead atoms. The molecule has 0 aliphatic rings. The number of aryl methyl sites for hydroxylation is 1. The molecule has 1 unspecified atom stereocenters. The minimum absolute atomic E-state index is 0.216. The van der Waals surface area contributed by atoms with E-state index in [1.807, 2.05) is 13.8 Å². The maximum Gasteiger partial charge on any atom is 0.223 e. The summed E-state index contributed by atoms with van der Waals surface area (Å²) in [4.78, 5) is 4.07. The normalized spacial score (nSPS) is 13.1. The van der Waals surface area contributed by atoms with Gasteiger partial charge in [-0.3, -0.25) is 0 Å². The van der Waals surface area contributed by atoms with Crippen molar-refractivity contribution in [3.05, 3.63) is 11.7 Å². The number of hydrogen-bond acceptors (Lipinski definition) is 5. The van der Waals surface area contributed by atoms with Gasteiger partial charge in [0.15, 0.2) is 5.82 Å². The van der Waals surface area contributed by atoms with E-state index in [1.165, 1.54) is 0 Å². The van der Waals surface area contributed by atoms with E-state index in [9.17, 15) is 0 Å². The van der Waals surface area contributed by atoms with E-state index in [2.05, 4.69) is 15.5 Å². The molecule has 1 atom stereocenters. The first kappa shape index (κ1) is 11.1. The number of aromatic nitrogens is 2. The predicted octanol–water partition coefficient (Wildman–Crippen LogP) is 0.893. The Morgan fingerprint density at radius 2 is 2.36 bits per heavy atom. The molecule has 1 heterocycles. The van der Waals surface area contributed by atoms with Crippen LogP contribution in [0.25, 0.3) is 0 Å². The molecule has 14 heavy (non-hydrogen) atoms. The Hall–Kier alpha value is -0.940. The Balaban J connectivity index is 2.15. The first-order valence-corrected chi connectivity index (χ1v) is 4.84. The average Bonchev–Trinajstić information content (AvgIpc) is 2.52. The molecule has 0 amide bonds. The smallest absolute Gasteiger partial charge is 0.223 e. The zero-order valence-electron chi connectivity index (χ0n) is 8.91. The van der Waals surface area contributed by atoms with Crippen molar-refractivity contribution in [2.45, 2.75) is 33.4 Å². The molecule has 1 aromatic heterocycles. The van der Waals surface area contributed by atoms with Crippen molar-refractivity contribution in [1.29, 1.82) is 0 Å². The van der Waals surface area contributed by atoms with Crippen LogP contribution >= 0.6 is 0 Å². The number of hydrogen-bond donors (Lipinski definition) is 1. The molecule has 0 saturated carbocycles. The molecule has 0 fully saturated rings. The van der Waals surface area contributed by atoms with Crippen LogP contribution in [-0.2, 0) is 11.3 Å². The summed E-state index contributed by atoms with van der Waals surface area (Å²) in [5, 5.41) is 6.96. The van der Waals surface area contributed by atoms with Crippen LogP contribution in [0, 0.1) is 6.92 Å². The van der Waals surface area contributed by atoms with Gasteiger partial charge in [-0.15, -0.1) is 0 Å². The summed E-state index contributed by atoms with van der Waals surface area (Å²) in [6.45, 7) is 7.94. The highest BCUT2D eigenvalue weighted by Gasteiger charge is 2.03. The summed E-state index contributed by atoms with van der Waals surface area (Å²) >= 11 is 0. The molecule has 1 N–H and O–H groups in total. The van der Waals surface area contributed by atoms with E-state index in [0.29, 0.717) is 18.3 Å². The minimum Gasteiger partial charge on any atom is -0.377 e. The molecular formula is C9H17N3O2. The van der Waals surface area contributed by atoms with E-state index >= 15 is 0 Å². The lowest BCUT2D eigenvalue weighted by atomic mass is 10.4. The maximum absolute atomic E-state index is 5.36. The van der Waals surface area contributed by atoms with Crippen molar-refractivity contribution < 1.29 is 9.26 Å². The van der Waals surface area contributed by atoms with Crippen LogP contribution in [0.1, 0.15) is 25.6 Å². The monoisotopic (exact) mass is 199 g/mol. The standard InChI is InChI=1S/C9H17N3O2/c1-4-13-7(2)5-10-6-9-11-8(3)14-12-9/h7,10H,4-6H2,1-3H3.